The normalized spacial score (nSPS) is 12.1. The van der Waals surface area contributed by atoms with Crippen LogP contribution in [0, 0.1) is 13.8 Å². The Balaban J connectivity index is 1.97. The zero-order chi connectivity index (χ0) is 17.0. The van der Waals surface area contributed by atoms with E-state index in [9.17, 15) is 14.4 Å². The predicted octanol–water partition coefficient (Wildman–Crippen LogP) is 1.27. The van der Waals surface area contributed by atoms with Gasteiger partial charge in [-0.25, -0.2) is 9.78 Å². The highest BCUT2D eigenvalue weighted by Crippen LogP contribution is 2.24. The molecule has 23 heavy (non-hydrogen) atoms. The third-order valence-corrected chi connectivity index (χ3v) is 4.75. The molecule has 0 aliphatic carbocycles. The molecule has 0 spiro atoms. The molecule has 2 heterocycles. The zero-order valence-electron chi connectivity index (χ0n) is 13.4. The molecule has 2 aromatic rings. The van der Waals surface area contributed by atoms with Crippen molar-refractivity contribution in [1.29, 1.82) is 0 Å². The van der Waals surface area contributed by atoms with Crippen molar-refractivity contribution in [2.45, 2.75) is 46.2 Å². The van der Waals surface area contributed by atoms with Crippen molar-refractivity contribution in [3.05, 3.63) is 48.7 Å². The van der Waals surface area contributed by atoms with E-state index < -0.39 is 11.2 Å². The first kappa shape index (κ1) is 17.1. The van der Waals surface area contributed by atoms with Gasteiger partial charge in [-0.3, -0.25) is 14.6 Å². The van der Waals surface area contributed by atoms with Crippen LogP contribution in [0.2, 0.25) is 0 Å². The number of carbonyl (C=O) groups is 1. The van der Waals surface area contributed by atoms with Crippen LogP contribution >= 0.6 is 11.3 Å². The third-order valence-electron chi connectivity index (χ3n) is 3.56. The van der Waals surface area contributed by atoms with E-state index in [0.717, 1.165) is 22.0 Å². The fourth-order valence-corrected chi connectivity index (χ4v) is 3.15. The molecule has 0 fully saturated rings. The van der Waals surface area contributed by atoms with Crippen LogP contribution in [0.4, 0.5) is 0 Å². The molecule has 1 atom stereocenters. The third kappa shape index (κ3) is 4.38. The summed E-state index contributed by atoms with van der Waals surface area (Å²) in [5.41, 5.74) is 0.0252. The second-order valence-corrected chi connectivity index (χ2v) is 6.51. The fourth-order valence-electron chi connectivity index (χ4n) is 2.09. The van der Waals surface area contributed by atoms with Crippen molar-refractivity contribution in [2.24, 2.45) is 0 Å². The monoisotopic (exact) mass is 336 g/mol. The van der Waals surface area contributed by atoms with Gasteiger partial charge in [-0.2, -0.15) is 0 Å². The highest BCUT2D eigenvalue weighted by Gasteiger charge is 2.17. The Morgan fingerprint density at radius 2 is 2.17 bits per heavy atom. The Kier molecular flexibility index (Phi) is 5.49. The van der Waals surface area contributed by atoms with E-state index in [2.05, 4.69) is 15.3 Å². The number of nitrogens with zero attached hydrogens (tertiary/aromatic N) is 2. The van der Waals surface area contributed by atoms with Crippen LogP contribution in [0.3, 0.4) is 0 Å². The number of amides is 1. The zero-order valence-corrected chi connectivity index (χ0v) is 14.2. The van der Waals surface area contributed by atoms with Crippen LogP contribution in [0.1, 0.15) is 41.4 Å². The lowest BCUT2D eigenvalue weighted by atomic mass is 10.2. The van der Waals surface area contributed by atoms with Gasteiger partial charge >= 0.3 is 5.69 Å². The largest absolute Gasteiger partial charge is 0.347 e. The van der Waals surface area contributed by atoms with E-state index >= 15 is 0 Å². The standard InChI is InChI=1S/C15H20N4O3S/c1-4-11(14-16-9(2)10(3)23-14)17-12(20)5-7-19-8-6-13(21)18-15(19)22/h6,8,11H,4-5,7H2,1-3H3,(H,17,20)(H,18,21,22)/t11-/m0/s1. The molecule has 0 saturated heterocycles. The molecule has 0 aliphatic heterocycles. The Bertz CT molecular complexity index is 786. The fraction of sp³-hybridized carbons (Fsp3) is 0.467. The van der Waals surface area contributed by atoms with Gasteiger partial charge in [0.25, 0.3) is 5.56 Å². The minimum Gasteiger partial charge on any atom is -0.347 e. The molecule has 1 amide bonds. The average Bonchev–Trinajstić information content (AvgIpc) is 2.83. The van der Waals surface area contributed by atoms with Gasteiger partial charge in [0, 0.05) is 30.1 Å². The van der Waals surface area contributed by atoms with E-state index in [1.807, 2.05) is 20.8 Å². The SMILES string of the molecule is CC[C@H](NC(=O)CCn1ccc(=O)[nH]c1=O)c1nc(C)c(C)s1. The minimum atomic E-state index is -0.511. The lowest BCUT2D eigenvalue weighted by Crippen LogP contribution is -2.32. The van der Waals surface area contributed by atoms with Crippen molar-refractivity contribution < 1.29 is 4.79 Å². The summed E-state index contributed by atoms with van der Waals surface area (Å²) in [6.07, 6.45) is 2.29. The molecule has 0 aliphatic rings. The maximum Gasteiger partial charge on any atom is 0.328 e. The number of aryl methyl sites for hydroxylation is 3. The second kappa shape index (κ2) is 7.36. The molecule has 8 heteroatoms. The lowest BCUT2D eigenvalue weighted by molar-refractivity contribution is -0.122. The van der Waals surface area contributed by atoms with Crippen molar-refractivity contribution in [3.63, 3.8) is 0 Å². The van der Waals surface area contributed by atoms with Crippen molar-refractivity contribution in [2.75, 3.05) is 0 Å². The maximum atomic E-state index is 12.1. The van der Waals surface area contributed by atoms with Gasteiger partial charge < -0.3 is 9.88 Å². The Hall–Kier alpha value is -2.22. The lowest BCUT2D eigenvalue weighted by Gasteiger charge is -2.14. The Labute approximate surface area is 137 Å². The number of thiazole rings is 1. The highest BCUT2D eigenvalue weighted by molar-refractivity contribution is 7.11. The van der Waals surface area contributed by atoms with Gasteiger partial charge in [-0.15, -0.1) is 11.3 Å². The van der Waals surface area contributed by atoms with Crippen LogP contribution in [0.15, 0.2) is 21.9 Å². The van der Waals surface area contributed by atoms with Crippen molar-refractivity contribution >= 4 is 17.2 Å². The maximum absolute atomic E-state index is 12.1. The number of aromatic amines is 1. The molecule has 2 N–H and O–H groups in total. The van der Waals surface area contributed by atoms with Crippen LogP contribution in [-0.2, 0) is 11.3 Å². The smallest absolute Gasteiger partial charge is 0.328 e. The van der Waals surface area contributed by atoms with E-state index in [4.69, 9.17) is 0 Å². The van der Waals surface area contributed by atoms with Gasteiger partial charge in [0.15, 0.2) is 0 Å². The summed E-state index contributed by atoms with van der Waals surface area (Å²) < 4.78 is 1.31. The number of hydrogen-bond acceptors (Lipinski definition) is 5. The molecule has 0 aromatic carbocycles. The first-order valence-corrected chi connectivity index (χ1v) is 8.25. The van der Waals surface area contributed by atoms with Gasteiger partial charge in [-0.1, -0.05) is 6.92 Å². The summed E-state index contributed by atoms with van der Waals surface area (Å²) in [6.45, 7) is 6.16. The van der Waals surface area contributed by atoms with Crippen molar-refractivity contribution in [1.82, 2.24) is 19.9 Å². The number of hydrogen-bond donors (Lipinski definition) is 2. The summed E-state index contributed by atoms with van der Waals surface area (Å²) >= 11 is 1.59. The number of nitrogens with one attached hydrogen (secondary N) is 2. The average molecular weight is 336 g/mol. The first-order chi connectivity index (χ1) is 10.9. The molecule has 2 aromatic heterocycles. The highest BCUT2D eigenvalue weighted by atomic mass is 32.1. The molecule has 0 saturated carbocycles. The molecule has 0 radical (unpaired) electrons. The van der Waals surface area contributed by atoms with Gasteiger partial charge in [-0.05, 0) is 20.3 Å². The quantitative estimate of drug-likeness (QED) is 0.830. The molecule has 2 rings (SSSR count). The molecule has 124 valence electrons. The molecule has 7 nitrogen and oxygen atoms in total. The van der Waals surface area contributed by atoms with E-state index in [-0.39, 0.29) is 24.9 Å². The summed E-state index contributed by atoms with van der Waals surface area (Å²) in [5.74, 6) is -0.152. The minimum absolute atomic E-state index is 0.118. The molecular formula is C15H20N4O3S. The van der Waals surface area contributed by atoms with Gasteiger partial charge in [0.2, 0.25) is 5.91 Å². The van der Waals surface area contributed by atoms with E-state index in [1.54, 1.807) is 11.3 Å². The van der Waals surface area contributed by atoms with E-state index in [0.29, 0.717) is 0 Å². The predicted molar refractivity (Wildman–Crippen MR) is 88.7 cm³/mol. The number of rotatable bonds is 6. The van der Waals surface area contributed by atoms with Crippen molar-refractivity contribution in [3.8, 4) is 0 Å². The second-order valence-electron chi connectivity index (χ2n) is 5.28. The first-order valence-electron chi connectivity index (χ1n) is 7.43. The van der Waals surface area contributed by atoms with Gasteiger partial charge in [0.05, 0.1) is 11.7 Å². The molecule has 0 bridgehead atoms. The number of H-pyrrole nitrogens is 1. The van der Waals surface area contributed by atoms with Gasteiger partial charge in [0.1, 0.15) is 5.01 Å². The number of aromatic nitrogens is 3. The van der Waals surface area contributed by atoms with Crippen LogP contribution < -0.4 is 16.6 Å². The Morgan fingerprint density at radius 3 is 2.74 bits per heavy atom. The summed E-state index contributed by atoms with van der Waals surface area (Å²) in [4.78, 5) is 42.5. The summed E-state index contributed by atoms with van der Waals surface area (Å²) in [7, 11) is 0. The molecule has 0 unspecified atom stereocenters. The van der Waals surface area contributed by atoms with Crippen LogP contribution in [-0.4, -0.2) is 20.4 Å². The topological polar surface area (TPSA) is 96.9 Å². The summed E-state index contributed by atoms with van der Waals surface area (Å²) in [6, 6.07) is 1.14. The Morgan fingerprint density at radius 1 is 1.43 bits per heavy atom. The number of carbonyl (C=O) groups excluding carboxylic acids is 1. The summed E-state index contributed by atoms with van der Waals surface area (Å²) in [5, 5.41) is 3.85. The molecular weight excluding hydrogens is 316 g/mol. The van der Waals surface area contributed by atoms with Crippen LogP contribution in [0.25, 0.3) is 0 Å². The van der Waals surface area contributed by atoms with E-state index in [1.165, 1.54) is 16.8 Å². The van der Waals surface area contributed by atoms with Crippen LogP contribution in [0.5, 0.6) is 0 Å².